The highest BCUT2D eigenvalue weighted by molar-refractivity contribution is 6.05. The molecular weight excluding hydrogens is 436 g/mol. The number of hydrogen-bond donors (Lipinski definition) is 2. The fraction of sp³-hybridized carbons (Fsp3) is 0.160. The number of nitrogens with zero attached hydrogens (tertiary/aromatic N) is 2. The summed E-state index contributed by atoms with van der Waals surface area (Å²) in [4.78, 5) is 22.1. The Labute approximate surface area is 195 Å². The molecule has 2 heterocycles. The first kappa shape index (κ1) is 21.3. The quantitative estimate of drug-likeness (QED) is 0.440. The summed E-state index contributed by atoms with van der Waals surface area (Å²) in [5, 5.41) is 6.72. The summed E-state index contributed by atoms with van der Waals surface area (Å²) in [5.41, 5.74) is 3.28. The Bertz CT molecular complexity index is 1410. The molecule has 172 valence electrons. The smallest absolute Gasteiger partial charge is 0.255 e. The molecule has 34 heavy (non-hydrogen) atoms. The molecule has 1 aliphatic rings. The minimum absolute atomic E-state index is 0.153. The van der Waals surface area contributed by atoms with Crippen molar-refractivity contribution in [2.24, 2.45) is 0 Å². The highest BCUT2D eigenvalue weighted by Gasteiger charge is 2.18. The number of aromatic nitrogens is 2. The Kier molecular flexibility index (Phi) is 5.51. The molecule has 3 aromatic carbocycles. The van der Waals surface area contributed by atoms with Crippen molar-refractivity contribution in [1.29, 1.82) is 0 Å². The maximum Gasteiger partial charge on any atom is 0.255 e. The Balaban J connectivity index is 1.52. The van der Waals surface area contributed by atoms with E-state index in [1.54, 1.807) is 39.5 Å². The Morgan fingerprint density at radius 1 is 0.941 bits per heavy atom. The number of benzene rings is 3. The Morgan fingerprint density at radius 3 is 2.53 bits per heavy atom. The van der Waals surface area contributed by atoms with E-state index in [0.29, 0.717) is 51.4 Å². The van der Waals surface area contributed by atoms with Crippen molar-refractivity contribution in [2.75, 3.05) is 38.7 Å². The molecule has 1 amide bonds. The summed E-state index contributed by atoms with van der Waals surface area (Å²) < 4.78 is 21.6. The summed E-state index contributed by atoms with van der Waals surface area (Å²) >= 11 is 0. The number of amides is 1. The van der Waals surface area contributed by atoms with Gasteiger partial charge in [0.1, 0.15) is 0 Å². The van der Waals surface area contributed by atoms with E-state index < -0.39 is 0 Å². The second-order valence-electron chi connectivity index (χ2n) is 7.47. The van der Waals surface area contributed by atoms with E-state index in [2.05, 4.69) is 20.6 Å². The molecule has 0 unspecified atom stereocenters. The number of carbonyl (C=O) groups excluding carboxylic acids is 1. The molecule has 4 aromatic rings. The topological polar surface area (TPSA) is 104 Å². The number of ether oxygens (including phenoxy) is 4. The van der Waals surface area contributed by atoms with Gasteiger partial charge in [-0.25, -0.2) is 9.97 Å². The highest BCUT2D eigenvalue weighted by Crippen LogP contribution is 2.37. The highest BCUT2D eigenvalue weighted by atomic mass is 16.7. The van der Waals surface area contributed by atoms with Crippen molar-refractivity contribution < 1.29 is 23.7 Å². The van der Waals surface area contributed by atoms with Gasteiger partial charge in [-0.15, -0.1) is 0 Å². The van der Waals surface area contributed by atoms with Gasteiger partial charge in [-0.1, -0.05) is 12.1 Å². The third-order valence-corrected chi connectivity index (χ3v) is 5.45. The number of anilines is 2. The van der Waals surface area contributed by atoms with Crippen LogP contribution in [0, 0.1) is 0 Å². The van der Waals surface area contributed by atoms with Crippen LogP contribution in [0.5, 0.6) is 23.0 Å². The number of nitrogens with one attached hydrogen (secondary N) is 2. The number of rotatable bonds is 6. The molecule has 2 N–H and O–H groups in total. The van der Waals surface area contributed by atoms with Gasteiger partial charge in [0.05, 0.1) is 25.4 Å². The lowest BCUT2D eigenvalue weighted by Crippen LogP contribution is -2.11. The standard InChI is InChI=1S/C25H22N4O5/c1-26-25-28-18-12-21(32-3)20(31-2)11-17(18)23(29-25)14-5-4-6-16(9-14)27-24(30)15-7-8-19-22(10-15)34-13-33-19/h4-12H,13H2,1-3H3,(H,27,30)(H,26,28,29). The van der Waals surface area contributed by atoms with E-state index in [1.807, 2.05) is 36.4 Å². The van der Waals surface area contributed by atoms with E-state index in [1.165, 1.54) is 0 Å². The van der Waals surface area contributed by atoms with Crippen LogP contribution >= 0.6 is 0 Å². The summed E-state index contributed by atoms with van der Waals surface area (Å²) in [6.45, 7) is 0.153. The summed E-state index contributed by atoms with van der Waals surface area (Å²) in [6.07, 6.45) is 0. The van der Waals surface area contributed by atoms with Gasteiger partial charge in [0.15, 0.2) is 23.0 Å². The molecule has 0 atom stereocenters. The van der Waals surface area contributed by atoms with Crippen LogP contribution < -0.4 is 29.6 Å². The molecule has 0 spiro atoms. The first-order valence-electron chi connectivity index (χ1n) is 10.5. The van der Waals surface area contributed by atoms with Gasteiger partial charge in [0.25, 0.3) is 5.91 Å². The summed E-state index contributed by atoms with van der Waals surface area (Å²) in [6, 6.07) is 16.2. The summed E-state index contributed by atoms with van der Waals surface area (Å²) in [7, 11) is 4.92. The largest absolute Gasteiger partial charge is 0.493 e. The molecule has 0 saturated carbocycles. The van der Waals surface area contributed by atoms with Crippen LogP contribution in [0.2, 0.25) is 0 Å². The van der Waals surface area contributed by atoms with Gasteiger partial charge < -0.3 is 29.6 Å². The molecule has 5 rings (SSSR count). The van der Waals surface area contributed by atoms with Crippen molar-refractivity contribution in [1.82, 2.24) is 9.97 Å². The minimum Gasteiger partial charge on any atom is -0.493 e. The average Bonchev–Trinajstić information content (AvgIpc) is 3.35. The van der Waals surface area contributed by atoms with E-state index in [0.717, 1.165) is 10.9 Å². The fourth-order valence-electron chi connectivity index (χ4n) is 3.77. The van der Waals surface area contributed by atoms with Crippen molar-refractivity contribution in [3.63, 3.8) is 0 Å². The zero-order valence-electron chi connectivity index (χ0n) is 18.8. The lowest BCUT2D eigenvalue weighted by molar-refractivity contribution is 0.102. The first-order valence-corrected chi connectivity index (χ1v) is 10.5. The van der Waals surface area contributed by atoms with Crippen LogP contribution in [0.3, 0.4) is 0 Å². The first-order chi connectivity index (χ1) is 16.6. The molecule has 9 heteroatoms. The van der Waals surface area contributed by atoms with Crippen molar-refractivity contribution in [3.8, 4) is 34.3 Å². The normalized spacial score (nSPS) is 11.9. The lowest BCUT2D eigenvalue weighted by Gasteiger charge is -2.13. The van der Waals surface area contributed by atoms with E-state index >= 15 is 0 Å². The van der Waals surface area contributed by atoms with Gasteiger partial charge in [0, 0.05) is 35.3 Å². The van der Waals surface area contributed by atoms with E-state index in [9.17, 15) is 4.79 Å². The average molecular weight is 458 g/mol. The van der Waals surface area contributed by atoms with Gasteiger partial charge in [-0.2, -0.15) is 0 Å². The monoisotopic (exact) mass is 458 g/mol. The van der Waals surface area contributed by atoms with Crippen molar-refractivity contribution in [2.45, 2.75) is 0 Å². The molecule has 0 bridgehead atoms. The molecule has 1 aromatic heterocycles. The fourth-order valence-corrected chi connectivity index (χ4v) is 3.77. The SMILES string of the molecule is CNc1nc(-c2cccc(NC(=O)c3ccc4c(c3)OCO4)c2)c2cc(OC)c(OC)cc2n1. The van der Waals surface area contributed by atoms with Crippen molar-refractivity contribution >= 4 is 28.4 Å². The third-order valence-electron chi connectivity index (χ3n) is 5.45. The molecule has 0 fully saturated rings. The zero-order chi connectivity index (χ0) is 23.7. The van der Waals surface area contributed by atoms with Crippen LogP contribution in [-0.4, -0.2) is 43.9 Å². The maximum absolute atomic E-state index is 12.9. The molecule has 0 saturated heterocycles. The third kappa shape index (κ3) is 3.88. The number of fused-ring (bicyclic) bond motifs is 2. The second kappa shape index (κ2) is 8.78. The molecule has 0 aliphatic carbocycles. The summed E-state index contributed by atoms with van der Waals surface area (Å²) in [5.74, 6) is 2.53. The number of hydrogen-bond acceptors (Lipinski definition) is 8. The zero-order valence-corrected chi connectivity index (χ0v) is 18.8. The maximum atomic E-state index is 12.9. The molecule has 9 nitrogen and oxygen atoms in total. The van der Waals surface area contributed by atoms with Crippen LogP contribution in [0.4, 0.5) is 11.6 Å². The van der Waals surface area contributed by atoms with Gasteiger partial charge in [-0.3, -0.25) is 4.79 Å². The van der Waals surface area contributed by atoms with Crippen LogP contribution in [0.25, 0.3) is 22.2 Å². The number of methoxy groups -OCH3 is 2. The number of carbonyl (C=O) groups is 1. The lowest BCUT2D eigenvalue weighted by atomic mass is 10.0. The van der Waals surface area contributed by atoms with E-state index in [-0.39, 0.29) is 12.7 Å². The van der Waals surface area contributed by atoms with Crippen LogP contribution in [0.1, 0.15) is 10.4 Å². The van der Waals surface area contributed by atoms with Gasteiger partial charge in [0.2, 0.25) is 12.7 Å². The Hall–Kier alpha value is -4.53. The second-order valence-corrected chi connectivity index (χ2v) is 7.47. The van der Waals surface area contributed by atoms with E-state index in [4.69, 9.17) is 18.9 Å². The van der Waals surface area contributed by atoms with Gasteiger partial charge >= 0.3 is 0 Å². The Morgan fingerprint density at radius 2 is 1.74 bits per heavy atom. The van der Waals surface area contributed by atoms with Crippen LogP contribution in [-0.2, 0) is 0 Å². The molecule has 1 aliphatic heterocycles. The predicted octanol–water partition coefficient (Wildman–Crippen LogP) is 4.34. The van der Waals surface area contributed by atoms with Crippen molar-refractivity contribution in [3.05, 3.63) is 60.2 Å². The molecular formula is C25H22N4O5. The van der Waals surface area contributed by atoms with Gasteiger partial charge in [-0.05, 0) is 36.4 Å². The van der Waals surface area contributed by atoms with Crippen LogP contribution in [0.15, 0.2) is 54.6 Å². The molecule has 0 radical (unpaired) electrons. The minimum atomic E-state index is -0.259. The predicted molar refractivity (Wildman–Crippen MR) is 128 cm³/mol.